The van der Waals surface area contributed by atoms with Gasteiger partial charge in [-0.1, -0.05) is 18.2 Å². The van der Waals surface area contributed by atoms with Gasteiger partial charge < -0.3 is 14.6 Å². The maximum atomic E-state index is 14.0. The van der Waals surface area contributed by atoms with Crippen molar-refractivity contribution in [1.29, 1.82) is 0 Å². The Morgan fingerprint density at radius 2 is 1.70 bits per heavy atom. The highest BCUT2D eigenvalue weighted by Gasteiger charge is 2.33. The molecule has 0 radical (unpaired) electrons. The summed E-state index contributed by atoms with van der Waals surface area (Å²) < 4.78 is 25.1. The van der Waals surface area contributed by atoms with Crippen LogP contribution in [0.2, 0.25) is 0 Å². The molecule has 0 aliphatic carbocycles. The van der Waals surface area contributed by atoms with Crippen molar-refractivity contribution in [2.45, 2.75) is 18.9 Å². The number of rotatable bonds is 6. The second-order valence-corrected chi connectivity index (χ2v) is 6.68. The minimum atomic E-state index is -0.758. The van der Waals surface area contributed by atoms with Crippen molar-refractivity contribution < 1.29 is 23.8 Å². The fourth-order valence-corrected chi connectivity index (χ4v) is 3.79. The van der Waals surface area contributed by atoms with Gasteiger partial charge in [0.2, 0.25) is 0 Å². The average molecular weight is 373 g/mol. The van der Waals surface area contributed by atoms with Gasteiger partial charge in [0.15, 0.2) is 0 Å². The molecule has 144 valence electrons. The highest BCUT2D eigenvalue weighted by Crippen LogP contribution is 2.42. The molecule has 1 aliphatic rings. The molecule has 0 saturated carbocycles. The molecule has 6 heteroatoms. The molecule has 0 bridgehead atoms. The van der Waals surface area contributed by atoms with Crippen LogP contribution in [0.4, 0.5) is 4.39 Å². The van der Waals surface area contributed by atoms with Crippen LogP contribution in [0, 0.1) is 11.7 Å². The molecule has 0 spiro atoms. The Bertz CT molecular complexity index is 780. The minimum absolute atomic E-state index is 0.290. The van der Waals surface area contributed by atoms with E-state index >= 15 is 0 Å². The fourth-order valence-electron chi connectivity index (χ4n) is 3.79. The van der Waals surface area contributed by atoms with Crippen LogP contribution in [0.15, 0.2) is 42.5 Å². The lowest BCUT2D eigenvalue weighted by Gasteiger charge is -2.38. The molecular weight excluding hydrogens is 349 g/mol. The number of carboxylic acids is 1. The van der Waals surface area contributed by atoms with Gasteiger partial charge >= 0.3 is 5.97 Å². The first-order valence-electron chi connectivity index (χ1n) is 8.98. The van der Waals surface area contributed by atoms with Gasteiger partial charge in [-0.3, -0.25) is 9.69 Å². The van der Waals surface area contributed by atoms with Crippen LogP contribution in [-0.4, -0.2) is 43.3 Å². The first kappa shape index (κ1) is 19.2. The van der Waals surface area contributed by atoms with Crippen LogP contribution in [0.1, 0.15) is 30.0 Å². The zero-order valence-corrected chi connectivity index (χ0v) is 15.5. The summed E-state index contributed by atoms with van der Waals surface area (Å²) in [6.45, 7) is 1.19. The first-order valence-corrected chi connectivity index (χ1v) is 8.98. The van der Waals surface area contributed by atoms with Gasteiger partial charge in [0, 0.05) is 0 Å². The molecule has 1 atom stereocenters. The second kappa shape index (κ2) is 8.39. The molecule has 1 heterocycles. The van der Waals surface area contributed by atoms with E-state index in [0.29, 0.717) is 37.4 Å². The third-order valence-corrected chi connectivity index (χ3v) is 5.15. The van der Waals surface area contributed by atoms with E-state index in [9.17, 15) is 14.3 Å². The van der Waals surface area contributed by atoms with Crippen LogP contribution in [0.25, 0.3) is 0 Å². The number of carbonyl (C=O) groups is 1. The third kappa shape index (κ3) is 4.06. The van der Waals surface area contributed by atoms with E-state index in [1.165, 1.54) is 12.1 Å². The largest absolute Gasteiger partial charge is 0.496 e. The molecule has 0 aromatic heterocycles. The highest BCUT2D eigenvalue weighted by molar-refractivity contribution is 5.70. The number of nitrogens with zero attached hydrogens (tertiary/aromatic N) is 1. The van der Waals surface area contributed by atoms with Crippen molar-refractivity contribution in [3.8, 4) is 11.5 Å². The summed E-state index contributed by atoms with van der Waals surface area (Å²) in [4.78, 5) is 13.5. The fraction of sp³-hybridized carbons (Fsp3) is 0.381. The van der Waals surface area contributed by atoms with Crippen molar-refractivity contribution in [3.05, 3.63) is 59.4 Å². The number of likely N-dealkylation sites (tertiary alicyclic amines) is 1. The van der Waals surface area contributed by atoms with Crippen molar-refractivity contribution in [3.63, 3.8) is 0 Å². The Hall–Kier alpha value is -2.60. The van der Waals surface area contributed by atoms with Crippen molar-refractivity contribution in [1.82, 2.24) is 4.90 Å². The second-order valence-electron chi connectivity index (χ2n) is 6.68. The van der Waals surface area contributed by atoms with Crippen LogP contribution < -0.4 is 9.47 Å². The van der Waals surface area contributed by atoms with Gasteiger partial charge in [-0.25, -0.2) is 4.39 Å². The summed E-state index contributed by atoms with van der Waals surface area (Å²) in [5, 5.41) is 9.29. The van der Waals surface area contributed by atoms with E-state index in [1.54, 1.807) is 20.3 Å². The molecular formula is C21H24FNO4. The molecule has 1 N–H and O–H groups in total. The molecule has 1 aliphatic heterocycles. The molecule has 2 aromatic rings. The van der Waals surface area contributed by atoms with Gasteiger partial charge in [0.1, 0.15) is 17.3 Å². The summed E-state index contributed by atoms with van der Waals surface area (Å²) in [6, 6.07) is 11.8. The molecule has 0 amide bonds. The molecule has 5 nitrogen and oxygen atoms in total. The summed E-state index contributed by atoms with van der Waals surface area (Å²) in [5.74, 6) is -0.0967. The zero-order valence-electron chi connectivity index (χ0n) is 15.5. The minimum Gasteiger partial charge on any atom is -0.496 e. The number of halogens is 1. The van der Waals surface area contributed by atoms with Gasteiger partial charge in [0.25, 0.3) is 0 Å². The van der Waals surface area contributed by atoms with Crippen molar-refractivity contribution in [2.24, 2.45) is 5.92 Å². The topological polar surface area (TPSA) is 59.0 Å². The highest BCUT2D eigenvalue weighted by atomic mass is 19.1. The lowest BCUT2D eigenvalue weighted by molar-refractivity contribution is -0.143. The van der Waals surface area contributed by atoms with E-state index in [1.807, 2.05) is 24.3 Å². The van der Waals surface area contributed by atoms with Crippen molar-refractivity contribution >= 4 is 5.97 Å². The lowest BCUT2D eigenvalue weighted by atomic mass is 9.90. The van der Waals surface area contributed by atoms with E-state index in [4.69, 9.17) is 9.47 Å². The number of methoxy groups -OCH3 is 2. The van der Waals surface area contributed by atoms with Gasteiger partial charge in [-0.05, 0) is 55.8 Å². The summed E-state index contributed by atoms with van der Waals surface area (Å²) in [7, 11) is 3.19. The standard InChI is InChI=1S/C21H24FNO4/c1-26-17-7-4-8-18(27-2)19(17)20(15-5-3-6-16(22)13-15)23-11-9-14(10-12-23)21(24)25/h3-8,13-14,20H,9-12H2,1-2H3,(H,24,25). The molecule has 1 fully saturated rings. The average Bonchev–Trinajstić information content (AvgIpc) is 2.68. The Labute approximate surface area is 158 Å². The number of hydrogen-bond donors (Lipinski definition) is 1. The molecule has 2 aromatic carbocycles. The van der Waals surface area contributed by atoms with Crippen LogP contribution in [0.5, 0.6) is 11.5 Å². The molecule has 27 heavy (non-hydrogen) atoms. The third-order valence-electron chi connectivity index (χ3n) is 5.15. The predicted octanol–water partition coefficient (Wildman–Crippen LogP) is 3.73. The normalized spacial score (nSPS) is 16.7. The van der Waals surface area contributed by atoms with Crippen molar-refractivity contribution in [2.75, 3.05) is 27.3 Å². The van der Waals surface area contributed by atoms with Gasteiger partial charge in [0.05, 0.1) is 31.7 Å². The predicted molar refractivity (Wildman–Crippen MR) is 99.7 cm³/mol. The van der Waals surface area contributed by atoms with E-state index < -0.39 is 5.97 Å². The SMILES string of the molecule is COc1cccc(OC)c1C(c1cccc(F)c1)N1CCC(C(=O)O)CC1. The maximum Gasteiger partial charge on any atom is 0.306 e. The maximum absolute atomic E-state index is 14.0. The molecule has 3 rings (SSSR count). The Kier molecular flexibility index (Phi) is 5.96. The van der Waals surface area contributed by atoms with Crippen LogP contribution in [-0.2, 0) is 4.79 Å². The summed E-state index contributed by atoms with van der Waals surface area (Å²) in [5.41, 5.74) is 1.61. The number of piperidine rings is 1. The number of hydrogen-bond acceptors (Lipinski definition) is 4. The monoisotopic (exact) mass is 373 g/mol. The molecule has 1 saturated heterocycles. The Morgan fingerprint density at radius 3 is 2.22 bits per heavy atom. The summed E-state index contributed by atoms with van der Waals surface area (Å²) >= 11 is 0. The number of aliphatic carboxylic acids is 1. The van der Waals surface area contributed by atoms with Crippen LogP contribution >= 0.6 is 0 Å². The molecule has 1 unspecified atom stereocenters. The Balaban J connectivity index is 2.06. The van der Waals surface area contributed by atoms with E-state index in [2.05, 4.69) is 4.90 Å². The zero-order chi connectivity index (χ0) is 19.4. The summed E-state index contributed by atoms with van der Waals surface area (Å²) in [6.07, 6.45) is 1.11. The number of benzene rings is 2. The van der Waals surface area contributed by atoms with E-state index in [-0.39, 0.29) is 17.8 Å². The number of carboxylic acid groups (broad SMARTS) is 1. The smallest absolute Gasteiger partial charge is 0.306 e. The Morgan fingerprint density at radius 1 is 1.11 bits per heavy atom. The first-order chi connectivity index (χ1) is 13.0. The van der Waals surface area contributed by atoms with Gasteiger partial charge in [-0.15, -0.1) is 0 Å². The van der Waals surface area contributed by atoms with E-state index in [0.717, 1.165) is 11.1 Å². The van der Waals surface area contributed by atoms with Gasteiger partial charge in [-0.2, -0.15) is 0 Å². The lowest BCUT2D eigenvalue weighted by Crippen LogP contribution is -2.39. The van der Waals surface area contributed by atoms with Crippen LogP contribution in [0.3, 0.4) is 0 Å². The number of ether oxygens (including phenoxy) is 2. The quantitative estimate of drug-likeness (QED) is 0.836.